The lowest BCUT2D eigenvalue weighted by Crippen LogP contribution is -2.64. The number of benzene rings is 1. The van der Waals surface area contributed by atoms with Gasteiger partial charge in [-0.3, -0.25) is 14.5 Å². The molecule has 6 rings (SSSR count). The Morgan fingerprint density at radius 2 is 1.77 bits per heavy atom. The van der Waals surface area contributed by atoms with E-state index in [2.05, 4.69) is 14.9 Å². The van der Waals surface area contributed by atoms with Crippen LogP contribution in [-0.2, 0) is 0 Å². The van der Waals surface area contributed by atoms with Gasteiger partial charge in [-0.25, -0.2) is 9.97 Å². The van der Waals surface area contributed by atoms with Crippen LogP contribution in [0, 0.1) is 0 Å². The lowest BCUT2D eigenvalue weighted by molar-refractivity contribution is 0.00854. The van der Waals surface area contributed by atoms with Crippen molar-refractivity contribution in [1.82, 2.24) is 29.2 Å². The molecular formula is C25H23ClN6O2S. The molecule has 0 atom stereocenters. The molecule has 35 heavy (non-hydrogen) atoms. The molecular weight excluding hydrogens is 484 g/mol. The summed E-state index contributed by atoms with van der Waals surface area (Å²) in [5.41, 5.74) is 1.68. The van der Waals surface area contributed by atoms with Crippen molar-refractivity contribution in [3.8, 4) is 5.82 Å². The van der Waals surface area contributed by atoms with Crippen LogP contribution < -0.4 is 0 Å². The molecule has 0 N–H and O–H groups in total. The number of halogens is 1. The standard InChI is InChI=1S/C25H23ClN6O2S/c26-19-2-4-22(28-14-19)32-7-5-17-13-18(1-3-21(17)32)24(33)31-15-20(16-31)29-8-10-30(11-9-29)25(34)23-27-6-12-35-23/h1-7,12-14,20H,8-11,15-16H2. The summed E-state index contributed by atoms with van der Waals surface area (Å²) in [5.74, 6) is 0.849. The van der Waals surface area contributed by atoms with E-state index in [1.165, 1.54) is 11.3 Å². The molecule has 0 saturated carbocycles. The summed E-state index contributed by atoms with van der Waals surface area (Å²) in [6, 6.07) is 11.8. The third-order valence-electron chi connectivity index (χ3n) is 6.78. The van der Waals surface area contributed by atoms with Crippen LogP contribution in [0.3, 0.4) is 0 Å². The summed E-state index contributed by atoms with van der Waals surface area (Å²) < 4.78 is 1.98. The van der Waals surface area contributed by atoms with E-state index in [4.69, 9.17) is 11.6 Å². The molecule has 2 aliphatic heterocycles. The van der Waals surface area contributed by atoms with Crippen molar-refractivity contribution in [3.63, 3.8) is 0 Å². The van der Waals surface area contributed by atoms with Gasteiger partial charge in [-0.15, -0.1) is 11.3 Å². The Bertz CT molecular complexity index is 1370. The first-order chi connectivity index (χ1) is 17.1. The van der Waals surface area contributed by atoms with E-state index in [-0.39, 0.29) is 11.8 Å². The highest BCUT2D eigenvalue weighted by molar-refractivity contribution is 7.11. The molecule has 5 heterocycles. The zero-order valence-corrected chi connectivity index (χ0v) is 20.5. The molecule has 4 aromatic rings. The average molecular weight is 507 g/mol. The highest BCUT2D eigenvalue weighted by Crippen LogP contribution is 2.25. The molecule has 2 amide bonds. The van der Waals surface area contributed by atoms with E-state index in [9.17, 15) is 9.59 Å². The quantitative estimate of drug-likeness (QED) is 0.424. The number of aromatic nitrogens is 3. The van der Waals surface area contributed by atoms with Crippen LogP contribution in [0.4, 0.5) is 0 Å². The van der Waals surface area contributed by atoms with E-state index in [0.29, 0.717) is 47.8 Å². The number of likely N-dealkylation sites (tertiary alicyclic amines) is 1. The average Bonchev–Trinajstić information content (AvgIpc) is 3.54. The van der Waals surface area contributed by atoms with Gasteiger partial charge in [0.25, 0.3) is 11.8 Å². The second-order valence-electron chi connectivity index (χ2n) is 8.82. The van der Waals surface area contributed by atoms with E-state index >= 15 is 0 Å². The Morgan fingerprint density at radius 3 is 2.49 bits per heavy atom. The third-order valence-corrected chi connectivity index (χ3v) is 7.76. The van der Waals surface area contributed by atoms with Crippen molar-refractivity contribution in [2.24, 2.45) is 0 Å². The minimum absolute atomic E-state index is 0.0149. The van der Waals surface area contributed by atoms with Crippen LogP contribution in [0.15, 0.2) is 60.4 Å². The highest BCUT2D eigenvalue weighted by atomic mass is 35.5. The van der Waals surface area contributed by atoms with Crippen LogP contribution in [0.2, 0.25) is 5.02 Å². The van der Waals surface area contributed by atoms with Crippen LogP contribution in [0.25, 0.3) is 16.7 Å². The second kappa shape index (κ2) is 9.07. The fourth-order valence-corrected chi connectivity index (χ4v) is 5.49. The summed E-state index contributed by atoms with van der Waals surface area (Å²) in [6.07, 6.45) is 5.24. The molecule has 10 heteroatoms. The Morgan fingerprint density at radius 1 is 0.943 bits per heavy atom. The van der Waals surface area contributed by atoms with Crippen molar-refractivity contribution in [2.45, 2.75) is 6.04 Å². The molecule has 8 nitrogen and oxygen atoms in total. The van der Waals surface area contributed by atoms with Crippen molar-refractivity contribution in [3.05, 3.63) is 76.0 Å². The zero-order valence-electron chi connectivity index (χ0n) is 18.9. The SMILES string of the molecule is O=C(c1ccc2c(ccn2-c2ccc(Cl)cn2)c1)N1CC(N2CCN(C(=O)c3nccs3)CC2)C1. The Balaban J connectivity index is 1.06. The monoisotopic (exact) mass is 506 g/mol. The van der Waals surface area contributed by atoms with Gasteiger partial charge in [-0.1, -0.05) is 11.6 Å². The van der Waals surface area contributed by atoms with E-state index in [1.54, 1.807) is 12.4 Å². The minimum atomic E-state index is 0.0149. The Kier molecular flexibility index (Phi) is 5.75. The topological polar surface area (TPSA) is 74.6 Å². The van der Waals surface area contributed by atoms with Crippen molar-refractivity contribution in [1.29, 1.82) is 0 Å². The predicted octanol–water partition coefficient (Wildman–Crippen LogP) is 3.42. The van der Waals surface area contributed by atoms with Gasteiger partial charge < -0.3 is 14.4 Å². The molecule has 3 aromatic heterocycles. The number of piperazine rings is 1. The van der Waals surface area contributed by atoms with Gasteiger partial charge >= 0.3 is 0 Å². The number of rotatable bonds is 4. The van der Waals surface area contributed by atoms with Crippen LogP contribution in [-0.4, -0.2) is 86.4 Å². The molecule has 0 spiro atoms. The normalized spacial score (nSPS) is 17.1. The Hall–Kier alpha value is -3.27. The first kappa shape index (κ1) is 22.2. The third kappa shape index (κ3) is 4.20. The van der Waals surface area contributed by atoms with Gasteiger partial charge in [0.2, 0.25) is 0 Å². The largest absolute Gasteiger partial charge is 0.335 e. The molecule has 178 valence electrons. The number of fused-ring (bicyclic) bond motifs is 1. The lowest BCUT2D eigenvalue weighted by Gasteiger charge is -2.48. The summed E-state index contributed by atoms with van der Waals surface area (Å²) >= 11 is 7.34. The molecule has 2 fully saturated rings. The molecule has 0 radical (unpaired) electrons. The summed E-state index contributed by atoms with van der Waals surface area (Å²) in [5, 5.41) is 3.96. The van der Waals surface area contributed by atoms with Crippen LogP contribution >= 0.6 is 22.9 Å². The number of carbonyl (C=O) groups excluding carboxylic acids is 2. The second-order valence-corrected chi connectivity index (χ2v) is 10.2. The number of hydrogen-bond donors (Lipinski definition) is 0. The maximum Gasteiger partial charge on any atom is 0.282 e. The minimum Gasteiger partial charge on any atom is -0.335 e. The van der Waals surface area contributed by atoms with Gasteiger partial charge in [-0.05, 0) is 36.4 Å². The number of nitrogens with zero attached hydrogens (tertiary/aromatic N) is 6. The van der Waals surface area contributed by atoms with E-state index in [0.717, 1.165) is 29.8 Å². The van der Waals surface area contributed by atoms with Crippen LogP contribution in [0.1, 0.15) is 20.2 Å². The fourth-order valence-electron chi connectivity index (χ4n) is 4.77. The number of thiazole rings is 1. The first-order valence-electron chi connectivity index (χ1n) is 11.5. The molecule has 0 unspecified atom stereocenters. The van der Waals surface area contributed by atoms with Crippen molar-refractivity contribution < 1.29 is 9.59 Å². The van der Waals surface area contributed by atoms with Gasteiger partial charge in [0, 0.05) is 80.2 Å². The number of pyridine rings is 1. The van der Waals surface area contributed by atoms with E-state index < -0.39 is 0 Å². The zero-order chi connectivity index (χ0) is 23.9. The molecule has 0 bridgehead atoms. The maximum atomic E-state index is 13.1. The van der Waals surface area contributed by atoms with Gasteiger partial charge in [0.15, 0.2) is 5.01 Å². The lowest BCUT2D eigenvalue weighted by atomic mass is 10.0. The summed E-state index contributed by atoms with van der Waals surface area (Å²) in [4.78, 5) is 40.3. The fraction of sp³-hybridized carbons (Fsp3) is 0.280. The number of carbonyl (C=O) groups is 2. The highest BCUT2D eigenvalue weighted by Gasteiger charge is 2.37. The molecule has 2 saturated heterocycles. The van der Waals surface area contributed by atoms with Crippen molar-refractivity contribution >= 4 is 45.7 Å². The summed E-state index contributed by atoms with van der Waals surface area (Å²) in [6.45, 7) is 4.46. The van der Waals surface area contributed by atoms with E-state index in [1.807, 2.05) is 62.3 Å². The summed E-state index contributed by atoms with van der Waals surface area (Å²) in [7, 11) is 0. The number of amides is 2. The molecule has 2 aliphatic rings. The smallest absolute Gasteiger partial charge is 0.282 e. The first-order valence-corrected chi connectivity index (χ1v) is 12.8. The van der Waals surface area contributed by atoms with Crippen LogP contribution in [0.5, 0.6) is 0 Å². The van der Waals surface area contributed by atoms with Gasteiger partial charge in [-0.2, -0.15) is 0 Å². The Labute approximate surface area is 211 Å². The predicted molar refractivity (Wildman–Crippen MR) is 135 cm³/mol. The maximum absolute atomic E-state index is 13.1. The van der Waals surface area contributed by atoms with Gasteiger partial charge in [0.1, 0.15) is 5.82 Å². The van der Waals surface area contributed by atoms with Crippen molar-refractivity contribution in [2.75, 3.05) is 39.3 Å². The molecule has 1 aromatic carbocycles. The molecule has 0 aliphatic carbocycles. The van der Waals surface area contributed by atoms with Gasteiger partial charge in [0.05, 0.1) is 10.5 Å². The number of hydrogen-bond acceptors (Lipinski definition) is 6.